The maximum absolute atomic E-state index is 5.34. The maximum atomic E-state index is 5.34. The summed E-state index contributed by atoms with van der Waals surface area (Å²) in [5.41, 5.74) is 13.2. The van der Waals surface area contributed by atoms with E-state index in [2.05, 4.69) is 191 Å². The summed E-state index contributed by atoms with van der Waals surface area (Å²) in [7, 11) is 0. The quantitative estimate of drug-likeness (QED) is 0.180. The number of benzene rings is 8. The van der Waals surface area contributed by atoms with Crippen molar-refractivity contribution in [2.24, 2.45) is 0 Å². The Hall–Kier alpha value is -7.30. The number of para-hydroxylation sites is 3. The van der Waals surface area contributed by atoms with Crippen LogP contribution in [0, 0.1) is 0 Å². The minimum atomic E-state index is 0.653. The lowest BCUT2D eigenvalue weighted by Crippen LogP contribution is -2.03. The van der Waals surface area contributed by atoms with Crippen molar-refractivity contribution >= 4 is 54.5 Å². The number of rotatable bonds is 5. The van der Waals surface area contributed by atoms with Crippen molar-refractivity contribution in [2.75, 3.05) is 0 Å². The summed E-state index contributed by atoms with van der Waals surface area (Å²) >= 11 is 0. The predicted molar refractivity (Wildman–Crippen MR) is 225 cm³/mol. The zero-order valence-corrected chi connectivity index (χ0v) is 29.3. The van der Waals surface area contributed by atoms with E-state index in [9.17, 15) is 0 Å². The Kier molecular flexibility index (Phi) is 6.82. The molecule has 0 aliphatic heterocycles. The molecule has 252 valence electrons. The zero-order chi connectivity index (χ0) is 35.6. The molecule has 0 atom stereocenters. The van der Waals surface area contributed by atoms with Gasteiger partial charge in [0.25, 0.3) is 0 Å². The topological polar surface area (TPSA) is 35.6 Å². The molecule has 0 aliphatic rings. The second-order valence-corrected chi connectivity index (χ2v) is 13.8. The maximum Gasteiger partial charge on any atom is 0.235 e. The highest BCUT2D eigenvalue weighted by molar-refractivity contribution is 6.13. The molecule has 0 N–H and O–H groups in total. The highest BCUT2D eigenvalue weighted by Gasteiger charge is 2.19. The molecule has 0 fully saturated rings. The molecule has 0 aliphatic carbocycles. The van der Waals surface area contributed by atoms with Crippen molar-refractivity contribution in [1.82, 2.24) is 19.1 Å². The Morgan fingerprint density at radius 3 is 1.54 bits per heavy atom. The summed E-state index contributed by atoms with van der Waals surface area (Å²) in [6, 6.07) is 69.1. The molecule has 4 nitrogen and oxygen atoms in total. The van der Waals surface area contributed by atoms with Crippen LogP contribution in [0.1, 0.15) is 0 Å². The molecule has 3 heterocycles. The van der Waals surface area contributed by atoms with Crippen LogP contribution in [0.5, 0.6) is 0 Å². The van der Waals surface area contributed by atoms with Gasteiger partial charge in [-0.2, -0.15) is 0 Å². The summed E-state index contributed by atoms with van der Waals surface area (Å²) in [6.07, 6.45) is 0. The van der Waals surface area contributed by atoms with Gasteiger partial charge >= 0.3 is 0 Å². The molecule has 0 unspecified atom stereocenters. The van der Waals surface area contributed by atoms with Gasteiger partial charge in [-0.15, -0.1) is 0 Å². The van der Waals surface area contributed by atoms with E-state index < -0.39 is 0 Å². The van der Waals surface area contributed by atoms with E-state index >= 15 is 0 Å². The first kappa shape index (κ1) is 30.3. The van der Waals surface area contributed by atoms with E-state index in [1.165, 1.54) is 32.9 Å². The predicted octanol–water partition coefficient (Wildman–Crippen LogP) is 12.8. The van der Waals surface area contributed by atoms with Crippen LogP contribution in [0.25, 0.3) is 99.7 Å². The van der Waals surface area contributed by atoms with Gasteiger partial charge in [-0.1, -0.05) is 140 Å². The molecule has 0 spiro atoms. The largest absolute Gasteiger partial charge is 0.309 e. The molecule has 0 radical (unpaired) electrons. The fourth-order valence-electron chi connectivity index (χ4n) is 8.21. The second-order valence-electron chi connectivity index (χ2n) is 13.8. The number of aromatic nitrogens is 4. The van der Waals surface area contributed by atoms with Gasteiger partial charge in [0, 0.05) is 38.2 Å². The first-order valence-corrected chi connectivity index (χ1v) is 18.3. The van der Waals surface area contributed by atoms with Crippen molar-refractivity contribution < 1.29 is 0 Å². The van der Waals surface area contributed by atoms with Gasteiger partial charge in [0.2, 0.25) is 5.95 Å². The van der Waals surface area contributed by atoms with Gasteiger partial charge in [0.1, 0.15) is 0 Å². The Morgan fingerprint density at radius 2 is 0.815 bits per heavy atom. The van der Waals surface area contributed by atoms with E-state index in [1.807, 2.05) is 12.1 Å². The van der Waals surface area contributed by atoms with Crippen molar-refractivity contribution in [3.05, 3.63) is 194 Å². The molecule has 54 heavy (non-hydrogen) atoms. The molecule has 0 saturated heterocycles. The molecule has 0 saturated carbocycles. The minimum absolute atomic E-state index is 0.653. The van der Waals surface area contributed by atoms with Crippen LogP contribution in [0.4, 0.5) is 0 Å². The third-order valence-electron chi connectivity index (χ3n) is 10.7. The molecular formula is C50H32N4. The van der Waals surface area contributed by atoms with Crippen LogP contribution in [-0.2, 0) is 0 Å². The van der Waals surface area contributed by atoms with Gasteiger partial charge < -0.3 is 4.57 Å². The summed E-state index contributed by atoms with van der Waals surface area (Å²) in [4.78, 5) is 10.6. The normalized spacial score (nSPS) is 11.7. The van der Waals surface area contributed by atoms with E-state index in [4.69, 9.17) is 9.97 Å². The van der Waals surface area contributed by atoms with Gasteiger partial charge in [0.15, 0.2) is 0 Å². The second kappa shape index (κ2) is 12.1. The van der Waals surface area contributed by atoms with Gasteiger partial charge in [-0.3, -0.25) is 4.57 Å². The average molecular weight is 689 g/mol. The highest BCUT2D eigenvalue weighted by Crippen LogP contribution is 2.39. The van der Waals surface area contributed by atoms with E-state index in [0.29, 0.717) is 5.95 Å². The minimum Gasteiger partial charge on any atom is -0.309 e. The number of fused-ring (bicyclic) bond motifs is 7. The lowest BCUT2D eigenvalue weighted by atomic mass is 9.99. The Balaban J connectivity index is 1.15. The molecule has 11 rings (SSSR count). The van der Waals surface area contributed by atoms with Gasteiger partial charge in [-0.25, -0.2) is 9.97 Å². The lowest BCUT2D eigenvalue weighted by molar-refractivity contribution is 1.01. The molecular weight excluding hydrogens is 657 g/mol. The van der Waals surface area contributed by atoms with Crippen LogP contribution in [0.2, 0.25) is 0 Å². The fourth-order valence-corrected chi connectivity index (χ4v) is 8.21. The molecule has 8 aromatic carbocycles. The van der Waals surface area contributed by atoms with Crippen molar-refractivity contribution in [1.29, 1.82) is 0 Å². The monoisotopic (exact) mass is 688 g/mol. The van der Waals surface area contributed by atoms with Gasteiger partial charge in [0.05, 0.1) is 33.3 Å². The SMILES string of the molecule is c1ccc(-c2ccc3c4cc(-c5ccc6c(c5)c5ccccc5n6-c5ccccc5)ccc4n(-c4nc(-c5ccccc5)c5ccccc5n4)c3c2)cc1. The van der Waals surface area contributed by atoms with E-state index in [0.717, 1.165) is 60.8 Å². The third kappa shape index (κ3) is 4.78. The number of hydrogen-bond donors (Lipinski definition) is 0. The molecule has 4 heteroatoms. The van der Waals surface area contributed by atoms with Crippen LogP contribution in [0.3, 0.4) is 0 Å². The average Bonchev–Trinajstić information content (AvgIpc) is 3.76. The molecule has 0 bridgehead atoms. The first-order chi connectivity index (χ1) is 26.8. The van der Waals surface area contributed by atoms with E-state index in [1.54, 1.807) is 0 Å². The zero-order valence-electron chi connectivity index (χ0n) is 29.3. The summed E-state index contributed by atoms with van der Waals surface area (Å²) in [5, 5.41) is 5.83. The Morgan fingerprint density at radius 1 is 0.296 bits per heavy atom. The fraction of sp³-hybridized carbons (Fsp3) is 0. The van der Waals surface area contributed by atoms with Crippen LogP contribution in [0.15, 0.2) is 194 Å². The molecule has 3 aromatic heterocycles. The summed E-state index contributed by atoms with van der Waals surface area (Å²) < 4.78 is 4.61. The van der Waals surface area contributed by atoms with Crippen LogP contribution in [-0.4, -0.2) is 19.1 Å². The Bertz CT molecular complexity index is 3200. The van der Waals surface area contributed by atoms with Crippen LogP contribution < -0.4 is 0 Å². The van der Waals surface area contributed by atoms with Crippen molar-refractivity contribution in [3.63, 3.8) is 0 Å². The van der Waals surface area contributed by atoms with Crippen molar-refractivity contribution in [2.45, 2.75) is 0 Å². The molecule has 11 aromatic rings. The van der Waals surface area contributed by atoms with Crippen molar-refractivity contribution in [3.8, 4) is 45.1 Å². The Labute approximate surface area is 311 Å². The van der Waals surface area contributed by atoms with Gasteiger partial charge in [-0.05, 0) is 76.9 Å². The van der Waals surface area contributed by atoms with Crippen LogP contribution >= 0.6 is 0 Å². The third-order valence-corrected chi connectivity index (χ3v) is 10.7. The van der Waals surface area contributed by atoms with E-state index in [-0.39, 0.29) is 0 Å². The molecule has 0 amide bonds. The standard InChI is InChI=1S/C50H32N4/c1-4-14-33(15-5-1)37-24-27-40-43-31-36(35-25-28-46-42(30-35)39-20-11-13-23-45(39)53(46)38-18-8-3-9-19-38)26-29-47(43)54(48(40)32-37)50-51-44-22-12-10-21-41(44)49(52-50)34-16-6-2-7-17-34/h1-32H. The summed E-state index contributed by atoms with van der Waals surface area (Å²) in [6.45, 7) is 0. The smallest absolute Gasteiger partial charge is 0.235 e. The highest BCUT2D eigenvalue weighted by atomic mass is 15.2. The first-order valence-electron chi connectivity index (χ1n) is 18.3. The number of hydrogen-bond acceptors (Lipinski definition) is 2. The summed E-state index contributed by atoms with van der Waals surface area (Å²) in [5.74, 6) is 0.653. The number of nitrogens with zero attached hydrogens (tertiary/aromatic N) is 4. The lowest BCUT2D eigenvalue weighted by Gasteiger charge is -2.12.